The number of sulfonamides is 1. The number of nitrogens with zero attached hydrogens (tertiary/aromatic N) is 9. The van der Waals surface area contributed by atoms with E-state index in [9.17, 15) is 31.2 Å². The van der Waals surface area contributed by atoms with Crippen molar-refractivity contribution in [2.45, 2.75) is 44.6 Å². The van der Waals surface area contributed by atoms with Crippen LogP contribution < -0.4 is 30.1 Å². The summed E-state index contributed by atoms with van der Waals surface area (Å²) in [5, 5.41) is 8.10. The molecule has 4 aromatic rings. The molecule has 0 spiro atoms. The van der Waals surface area contributed by atoms with Crippen LogP contribution in [0.15, 0.2) is 67.3 Å². The Morgan fingerprint density at radius 2 is 1.66 bits per heavy atom. The first-order chi connectivity index (χ1) is 27.7. The topological polar surface area (TPSA) is 172 Å². The highest BCUT2D eigenvalue weighted by Crippen LogP contribution is 2.35. The third-order valence-corrected chi connectivity index (χ3v) is 11.9. The van der Waals surface area contributed by atoms with Gasteiger partial charge in [-0.05, 0) is 54.8 Å². The van der Waals surface area contributed by atoms with Crippen LogP contribution in [0.25, 0.3) is 0 Å². The monoisotopic (exact) mass is 822 g/mol. The Morgan fingerprint density at radius 3 is 2.34 bits per heavy atom. The van der Waals surface area contributed by atoms with Crippen molar-refractivity contribution in [2.75, 3.05) is 83.9 Å². The maximum atomic E-state index is 14.0. The molecule has 3 N–H and O–H groups in total. The summed E-state index contributed by atoms with van der Waals surface area (Å²) in [6.07, 6.45) is 4.09. The number of carbonyl (C=O) groups is 2. The van der Waals surface area contributed by atoms with Gasteiger partial charge in [-0.3, -0.25) is 34.1 Å². The first kappa shape index (κ1) is 40.6. The molecule has 16 nitrogen and oxygen atoms in total. The summed E-state index contributed by atoms with van der Waals surface area (Å²) in [6.45, 7) is 6.30. The molecule has 3 saturated heterocycles. The molecule has 3 aliphatic rings. The summed E-state index contributed by atoms with van der Waals surface area (Å²) in [5.41, 5.74) is 2.67. The number of nitrogens with one attached hydrogen (secondary N) is 3. The van der Waals surface area contributed by atoms with Crippen molar-refractivity contribution in [1.29, 1.82) is 0 Å². The number of anilines is 6. The van der Waals surface area contributed by atoms with Crippen molar-refractivity contribution < 1.29 is 31.2 Å². The van der Waals surface area contributed by atoms with Crippen molar-refractivity contribution >= 4 is 56.6 Å². The molecule has 0 atom stereocenters. The molecule has 3 aliphatic heterocycles. The van der Waals surface area contributed by atoms with Crippen LogP contribution in [0.5, 0.6) is 0 Å². The lowest BCUT2D eigenvalue weighted by Crippen LogP contribution is -2.53. The predicted octanol–water partition coefficient (Wildman–Crippen LogP) is 4.27. The van der Waals surface area contributed by atoms with Crippen LogP contribution in [-0.4, -0.2) is 115 Å². The highest BCUT2D eigenvalue weighted by atomic mass is 32.2. The van der Waals surface area contributed by atoms with E-state index in [0.717, 1.165) is 79.6 Å². The van der Waals surface area contributed by atoms with Gasteiger partial charge in [0.05, 0.1) is 18.1 Å². The number of urea groups is 1. The molecule has 0 aliphatic carbocycles. The third-order valence-electron chi connectivity index (χ3n) is 10.7. The number of rotatable bonds is 12. The molecule has 0 radical (unpaired) electrons. The molecule has 20 heteroatoms. The largest absolute Gasteiger partial charge is 0.421 e. The molecule has 3 fully saturated rings. The zero-order valence-corrected chi connectivity index (χ0v) is 32.9. The highest BCUT2D eigenvalue weighted by Gasteiger charge is 2.36. The van der Waals surface area contributed by atoms with Crippen LogP contribution in [0.2, 0.25) is 0 Å². The molecule has 308 valence electrons. The predicted molar refractivity (Wildman–Crippen MR) is 213 cm³/mol. The van der Waals surface area contributed by atoms with Crippen molar-refractivity contribution in [3.8, 4) is 0 Å². The molecule has 0 bridgehead atoms. The molecule has 1 aromatic carbocycles. The quantitative estimate of drug-likeness (QED) is 0.185. The van der Waals surface area contributed by atoms with Crippen molar-refractivity contribution in [3.05, 3.63) is 83.9 Å². The van der Waals surface area contributed by atoms with Gasteiger partial charge >= 0.3 is 12.2 Å². The third kappa shape index (κ3) is 9.56. The van der Waals surface area contributed by atoms with Gasteiger partial charge < -0.3 is 15.5 Å². The lowest BCUT2D eigenvalue weighted by Gasteiger charge is -2.43. The Hall–Kier alpha value is -5.60. The second-order valence-corrected chi connectivity index (χ2v) is 16.5. The number of hydrogen-bond acceptors (Lipinski definition) is 13. The molecule has 6 heterocycles. The number of piperidine rings is 1. The molecule has 3 amide bonds. The number of piperazine rings is 1. The van der Waals surface area contributed by atoms with E-state index in [1.54, 1.807) is 29.4 Å². The Bertz CT molecular complexity index is 2210. The fourth-order valence-corrected chi connectivity index (χ4v) is 7.94. The minimum Gasteiger partial charge on any atom is -0.371 e. The SMILES string of the molecule is CN(c1ncccc1CNc1nc(Nc2ccc(N3CCC(N4CCN(Cc5ccncc5N5CCC(=O)NC5=O)CC4)CC3)cc2)ncc1C(F)(F)F)S(C)(=O)=O. The van der Waals surface area contributed by atoms with Gasteiger partial charge in [-0.15, -0.1) is 0 Å². The fourth-order valence-electron chi connectivity index (χ4n) is 7.46. The van der Waals surface area contributed by atoms with Crippen molar-refractivity contribution in [1.82, 2.24) is 35.1 Å². The molecule has 58 heavy (non-hydrogen) atoms. The minimum atomic E-state index is -4.74. The van der Waals surface area contributed by atoms with Gasteiger partial charge in [0.15, 0.2) is 0 Å². The number of carbonyl (C=O) groups excluding carboxylic acids is 2. The number of imide groups is 1. The molecule has 3 aromatic heterocycles. The summed E-state index contributed by atoms with van der Waals surface area (Å²) in [6, 6.07) is 12.7. The normalized spacial score (nSPS) is 17.6. The number of hydrogen-bond donors (Lipinski definition) is 3. The van der Waals surface area contributed by atoms with Gasteiger partial charge in [-0.25, -0.2) is 23.2 Å². The van der Waals surface area contributed by atoms with Crippen LogP contribution in [0.4, 0.5) is 52.6 Å². The number of halogens is 3. The zero-order valence-electron chi connectivity index (χ0n) is 32.1. The van der Waals surface area contributed by atoms with Crippen LogP contribution >= 0.6 is 0 Å². The summed E-state index contributed by atoms with van der Waals surface area (Å²) in [7, 11) is -2.34. The van der Waals surface area contributed by atoms with E-state index in [1.165, 1.54) is 13.2 Å². The lowest BCUT2D eigenvalue weighted by molar-refractivity contribution is -0.137. The molecular weight excluding hydrogens is 778 g/mol. The molecule has 7 rings (SSSR count). The summed E-state index contributed by atoms with van der Waals surface area (Å²) >= 11 is 0. The van der Waals surface area contributed by atoms with Gasteiger partial charge in [0.2, 0.25) is 21.9 Å². The maximum absolute atomic E-state index is 14.0. The second-order valence-electron chi connectivity index (χ2n) is 14.5. The van der Waals surface area contributed by atoms with E-state index in [2.05, 4.69) is 50.6 Å². The average Bonchev–Trinajstić information content (AvgIpc) is 3.20. The second kappa shape index (κ2) is 17.1. The van der Waals surface area contributed by atoms with Crippen LogP contribution in [0, 0.1) is 0 Å². The highest BCUT2D eigenvalue weighted by molar-refractivity contribution is 7.92. The van der Waals surface area contributed by atoms with E-state index in [1.807, 2.05) is 30.3 Å². The maximum Gasteiger partial charge on any atom is 0.421 e. The van der Waals surface area contributed by atoms with Crippen LogP contribution in [0.3, 0.4) is 0 Å². The van der Waals surface area contributed by atoms with Gasteiger partial charge in [-0.1, -0.05) is 6.07 Å². The number of pyridine rings is 2. The first-order valence-electron chi connectivity index (χ1n) is 18.9. The number of amides is 3. The Balaban J connectivity index is 0.913. The van der Waals surface area contributed by atoms with Gasteiger partial charge in [-0.2, -0.15) is 18.2 Å². The smallest absolute Gasteiger partial charge is 0.371 e. The van der Waals surface area contributed by atoms with E-state index in [0.29, 0.717) is 36.6 Å². The molecular formula is C38H45F3N12O4S. The Morgan fingerprint density at radius 1 is 0.914 bits per heavy atom. The van der Waals surface area contributed by atoms with Gasteiger partial charge in [0, 0.05) is 114 Å². The van der Waals surface area contributed by atoms with Crippen molar-refractivity contribution in [2.24, 2.45) is 0 Å². The lowest BCUT2D eigenvalue weighted by atomic mass is 10.0. The van der Waals surface area contributed by atoms with E-state index in [4.69, 9.17) is 0 Å². The Kier molecular flexibility index (Phi) is 12.0. The van der Waals surface area contributed by atoms with Crippen LogP contribution in [0.1, 0.15) is 36.0 Å². The summed E-state index contributed by atoms with van der Waals surface area (Å²) < 4.78 is 67.1. The summed E-state index contributed by atoms with van der Waals surface area (Å²) in [5.74, 6) is -0.690. The minimum absolute atomic E-state index is 0.0443. The first-order valence-corrected chi connectivity index (χ1v) is 20.8. The molecule has 0 saturated carbocycles. The number of aromatic nitrogens is 4. The number of benzene rings is 1. The van der Waals surface area contributed by atoms with Gasteiger partial charge in [0.1, 0.15) is 17.2 Å². The van der Waals surface area contributed by atoms with Gasteiger partial charge in [0.25, 0.3) is 0 Å². The Labute approximate surface area is 334 Å². The fraction of sp³-hybridized carbons (Fsp3) is 0.421. The van der Waals surface area contributed by atoms with E-state index in [-0.39, 0.29) is 30.6 Å². The summed E-state index contributed by atoms with van der Waals surface area (Å²) in [4.78, 5) is 49.4. The number of alkyl halides is 3. The average molecular weight is 823 g/mol. The van der Waals surface area contributed by atoms with E-state index < -0.39 is 33.6 Å². The van der Waals surface area contributed by atoms with E-state index >= 15 is 0 Å². The standard InChI is InChI=1S/C38H45F3N12O4S/c1-49(58(2,56)57)35-26(4-3-13-43-35)22-44-34-31(38(39,40)41)23-45-36(48-34)46-28-5-7-29(8-6-28)51-15-10-30(11-16-51)52-20-18-50(19-21-52)25-27-9-14-42-24-32(27)53-17-12-33(54)47-37(53)55/h3-9,13-14,23-24,30H,10-12,15-22,25H2,1-2H3,(H,47,54,55)(H2,44,45,46,48). The van der Waals surface area contributed by atoms with Crippen molar-refractivity contribution in [3.63, 3.8) is 0 Å². The zero-order chi connectivity index (χ0) is 41.0. The van der Waals surface area contributed by atoms with Crippen LogP contribution in [-0.2, 0) is 34.1 Å². The molecule has 0 unspecified atom stereocenters.